The maximum absolute atomic E-state index is 10.3. The summed E-state index contributed by atoms with van der Waals surface area (Å²) in [6.45, 7) is 0.838. The lowest BCUT2D eigenvalue weighted by molar-refractivity contribution is -0.138. The van der Waals surface area contributed by atoms with Gasteiger partial charge in [0, 0.05) is 3.92 Å². The lowest BCUT2D eigenvalue weighted by Gasteiger charge is -2.06. The molecule has 0 bridgehead atoms. The molecule has 1 rings (SSSR count). The van der Waals surface area contributed by atoms with Gasteiger partial charge in [-0.2, -0.15) is 0 Å². The normalized spacial score (nSPS) is 34.8. The van der Waals surface area contributed by atoms with E-state index in [4.69, 9.17) is 5.11 Å². The molecule has 0 aromatic heterocycles. The van der Waals surface area contributed by atoms with Crippen molar-refractivity contribution in [1.29, 1.82) is 0 Å². The number of carbonyl (C=O) groups is 1. The second kappa shape index (κ2) is 2.83. The number of carboxylic acids is 1. The summed E-state index contributed by atoms with van der Waals surface area (Å²) in [5, 5.41) is 11.4. The smallest absolute Gasteiger partial charge is 0.321 e. The molecule has 0 aromatic carbocycles. The summed E-state index contributed by atoms with van der Waals surface area (Å²) in [5.74, 6) is -0.730. The van der Waals surface area contributed by atoms with Gasteiger partial charge in [-0.05, 0) is 13.0 Å². The van der Waals surface area contributed by atoms with Crippen molar-refractivity contribution in [2.45, 2.75) is 16.4 Å². The second-order valence-corrected chi connectivity index (χ2v) is 3.67. The molecule has 4 heteroatoms. The van der Waals surface area contributed by atoms with E-state index in [1.54, 1.807) is 0 Å². The maximum atomic E-state index is 10.3. The Balaban J connectivity index is 2.49. The van der Waals surface area contributed by atoms with Crippen LogP contribution in [0.3, 0.4) is 0 Å². The zero-order chi connectivity index (χ0) is 6.85. The first-order chi connectivity index (χ1) is 4.22. The summed E-state index contributed by atoms with van der Waals surface area (Å²) in [5.41, 5.74) is 0. The number of alkyl halides is 1. The molecule has 0 radical (unpaired) electrons. The van der Waals surface area contributed by atoms with Crippen LogP contribution in [0.4, 0.5) is 0 Å². The minimum atomic E-state index is -0.730. The first kappa shape index (κ1) is 7.27. The van der Waals surface area contributed by atoms with Crippen molar-refractivity contribution >= 4 is 28.6 Å². The lowest BCUT2D eigenvalue weighted by atomic mass is 10.2. The van der Waals surface area contributed by atoms with Crippen LogP contribution in [0.25, 0.3) is 0 Å². The minimum absolute atomic E-state index is 0.264. The topological polar surface area (TPSA) is 49.3 Å². The number of hydrogen-bond donors (Lipinski definition) is 2. The van der Waals surface area contributed by atoms with E-state index in [-0.39, 0.29) is 9.97 Å². The quantitative estimate of drug-likeness (QED) is 0.510. The van der Waals surface area contributed by atoms with Crippen LogP contribution in [-0.4, -0.2) is 27.6 Å². The molecule has 2 N–H and O–H groups in total. The molecule has 0 aliphatic carbocycles. The van der Waals surface area contributed by atoms with Crippen LogP contribution in [0.15, 0.2) is 0 Å². The summed E-state index contributed by atoms with van der Waals surface area (Å²) in [7, 11) is 0. The van der Waals surface area contributed by atoms with E-state index in [0.29, 0.717) is 0 Å². The van der Waals surface area contributed by atoms with Crippen molar-refractivity contribution in [3.8, 4) is 0 Å². The van der Waals surface area contributed by atoms with Crippen LogP contribution >= 0.6 is 22.6 Å². The van der Waals surface area contributed by atoms with Crippen molar-refractivity contribution in [2.75, 3.05) is 6.54 Å². The molecular weight excluding hydrogens is 233 g/mol. The van der Waals surface area contributed by atoms with E-state index in [1.807, 2.05) is 0 Å². The van der Waals surface area contributed by atoms with Crippen LogP contribution < -0.4 is 5.32 Å². The predicted octanol–water partition coefficient (Wildman–Crippen LogP) is 0.236. The average Bonchev–Trinajstić information content (AvgIpc) is 2.13. The third-order valence-electron chi connectivity index (χ3n) is 1.41. The van der Waals surface area contributed by atoms with E-state index in [2.05, 4.69) is 27.9 Å². The number of halogens is 1. The SMILES string of the molecule is O=C(O)[C@H]1NCCC1I. The van der Waals surface area contributed by atoms with Gasteiger partial charge < -0.3 is 10.4 Å². The minimum Gasteiger partial charge on any atom is -0.480 e. The fourth-order valence-electron chi connectivity index (χ4n) is 0.913. The molecule has 0 aromatic rings. The fraction of sp³-hybridized carbons (Fsp3) is 0.800. The van der Waals surface area contributed by atoms with E-state index < -0.39 is 5.97 Å². The van der Waals surface area contributed by atoms with Crippen molar-refractivity contribution in [2.24, 2.45) is 0 Å². The second-order valence-electron chi connectivity index (χ2n) is 2.07. The van der Waals surface area contributed by atoms with Gasteiger partial charge in [-0.25, -0.2) is 0 Å². The Morgan fingerprint density at radius 1 is 1.78 bits per heavy atom. The lowest BCUT2D eigenvalue weighted by Crippen LogP contribution is -2.35. The molecule has 1 aliphatic rings. The first-order valence-corrected chi connectivity index (χ1v) is 4.06. The molecule has 3 nitrogen and oxygen atoms in total. The summed E-state index contributed by atoms with van der Waals surface area (Å²) >= 11 is 2.17. The third kappa shape index (κ3) is 1.54. The van der Waals surface area contributed by atoms with Gasteiger partial charge in [0.15, 0.2) is 0 Å². The zero-order valence-corrected chi connectivity index (χ0v) is 6.96. The average molecular weight is 241 g/mol. The molecular formula is C5H8INO2. The standard InChI is InChI=1S/C5H8INO2/c6-3-1-2-7-4(3)5(8)9/h3-4,7H,1-2H2,(H,8,9)/t3?,4-/m0/s1. The molecule has 52 valence electrons. The monoisotopic (exact) mass is 241 g/mol. The molecule has 1 heterocycles. The number of carboxylic acid groups (broad SMARTS) is 1. The number of aliphatic carboxylic acids is 1. The number of hydrogen-bond acceptors (Lipinski definition) is 2. The zero-order valence-electron chi connectivity index (χ0n) is 4.80. The highest BCUT2D eigenvalue weighted by Gasteiger charge is 2.29. The molecule has 9 heavy (non-hydrogen) atoms. The Hall–Kier alpha value is 0.160. The highest BCUT2D eigenvalue weighted by Crippen LogP contribution is 2.16. The highest BCUT2D eigenvalue weighted by atomic mass is 127. The van der Waals surface area contributed by atoms with Crippen LogP contribution in [0.5, 0.6) is 0 Å². The van der Waals surface area contributed by atoms with Crippen LogP contribution in [0.1, 0.15) is 6.42 Å². The van der Waals surface area contributed by atoms with Gasteiger partial charge in [-0.1, -0.05) is 22.6 Å². The van der Waals surface area contributed by atoms with E-state index in [9.17, 15) is 4.79 Å². The molecule has 1 aliphatic heterocycles. The third-order valence-corrected chi connectivity index (χ3v) is 2.75. The number of rotatable bonds is 1. The van der Waals surface area contributed by atoms with Crippen LogP contribution in [0.2, 0.25) is 0 Å². The Morgan fingerprint density at radius 3 is 2.67 bits per heavy atom. The molecule has 0 amide bonds. The van der Waals surface area contributed by atoms with Gasteiger partial charge in [0.2, 0.25) is 0 Å². The van der Waals surface area contributed by atoms with Crippen LogP contribution in [-0.2, 0) is 4.79 Å². The summed E-state index contributed by atoms with van der Waals surface area (Å²) < 4.78 is 0.264. The van der Waals surface area contributed by atoms with Gasteiger partial charge in [0.05, 0.1) is 0 Å². The summed E-state index contributed by atoms with van der Waals surface area (Å²) in [6, 6.07) is -0.314. The van der Waals surface area contributed by atoms with Gasteiger partial charge in [-0.15, -0.1) is 0 Å². The van der Waals surface area contributed by atoms with Crippen LogP contribution in [0, 0.1) is 0 Å². The molecule has 1 saturated heterocycles. The largest absolute Gasteiger partial charge is 0.480 e. The van der Waals surface area contributed by atoms with Crippen molar-refractivity contribution in [3.05, 3.63) is 0 Å². The van der Waals surface area contributed by atoms with Gasteiger partial charge >= 0.3 is 5.97 Å². The Bertz CT molecular complexity index is 128. The maximum Gasteiger partial charge on any atom is 0.321 e. The van der Waals surface area contributed by atoms with E-state index in [1.165, 1.54) is 0 Å². The van der Waals surface area contributed by atoms with E-state index >= 15 is 0 Å². The molecule has 0 spiro atoms. The first-order valence-electron chi connectivity index (χ1n) is 2.82. The highest BCUT2D eigenvalue weighted by molar-refractivity contribution is 14.1. The molecule has 1 fully saturated rings. The van der Waals surface area contributed by atoms with Crippen molar-refractivity contribution < 1.29 is 9.90 Å². The van der Waals surface area contributed by atoms with Gasteiger partial charge in [0.1, 0.15) is 6.04 Å². The van der Waals surface area contributed by atoms with E-state index in [0.717, 1.165) is 13.0 Å². The Kier molecular flexibility index (Phi) is 2.29. The van der Waals surface area contributed by atoms with Crippen molar-refractivity contribution in [1.82, 2.24) is 5.32 Å². The Morgan fingerprint density at radius 2 is 2.44 bits per heavy atom. The summed E-state index contributed by atoms with van der Waals surface area (Å²) in [6.07, 6.45) is 0.970. The molecule has 0 saturated carbocycles. The van der Waals surface area contributed by atoms with Gasteiger partial charge in [-0.3, -0.25) is 4.79 Å². The van der Waals surface area contributed by atoms with Gasteiger partial charge in [0.25, 0.3) is 0 Å². The summed E-state index contributed by atoms with van der Waals surface area (Å²) in [4.78, 5) is 10.3. The number of nitrogens with one attached hydrogen (secondary N) is 1. The predicted molar refractivity (Wildman–Crippen MR) is 41.9 cm³/mol. The Labute approximate surface area is 67.0 Å². The molecule has 2 atom stereocenters. The molecule has 1 unspecified atom stereocenters. The fourth-order valence-corrected chi connectivity index (χ4v) is 1.79. The van der Waals surface area contributed by atoms with Crippen molar-refractivity contribution in [3.63, 3.8) is 0 Å².